The van der Waals surface area contributed by atoms with Crippen molar-refractivity contribution in [2.45, 2.75) is 78.3 Å². The summed E-state index contributed by atoms with van der Waals surface area (Å²) in [5.41, 5.74) is 0.0842. The van der Waals surface area contributed by atoms with Crippen molar-refractivity contribution in [3.05, 3.63) is 0 Å². The molecule has 1 unspecified atom stereocenters. The molecule has 0 aromatic heterocycles. The van der Waals surface area contributed by atoms with Gasteiger partial charge in [0.1, 0.15) is 5.60 Å². The summed E-state index contributed by atoms with van der Waals surface area (Å²) < 4.78 is 12.6. The Morgan fingerprint density at radius 1 is 1.00 bits per heavy atom. The van der Waals surface area contributed by atoms with E-state index in [1.54, 1.807) is 0 Å². The van der Waals surface area contributed by atoms with Crippen LogP contribution in [0.3, 0.4) is 0 Å². The molecule has 1 aliphatic heterocycles. The van der Waals surface area contributed by atoms with Gasteiger partial charge in [-0.2, -0.15) is 0 Å². The molecule has 0 aromatic rings. The lowest BCUT2D eigenvalue weighted by Gasteiger charge is -2.54. The first kappa shape index (κ1) is 12.9. The average Bonchev–Trinajstić information content (AvgIpc) is 2.67. The molecule has 5 atom stereocenters. The molecule has 0 N–H and O–H groups in total. The van der Waals surface area contributed by atoms with E-state index in [0.717, 1.165) is 17.8 Å². The van der Waals surface area contributed by atoms with Gasteiger partial charge in [-0.3, -0.25) is 0 Å². The molecule has 3 fully saturated rings. The first-order valence-electron chi connectivity index (χ1n) is 7.55. The predicted molar refractivity (Wildman–Crippen MR) is 72.2 cm³/mol. The zero-order chi connectivity index (χ0) is 13.3. The normalized spacial score (nSPS) is 53.0. The molecular formula is C16H28O2. The Morgan fingerprint density at radius 2 is 1.67 bits per heavy atom. The molecule has 1 heterocycles. The highest BCUT2D eigenvalue weighted by molar-refractivity contribution is 5.12. The minimum Gasteiger partial charge on any atom is -0.344 e. The molecule has 0 aromatic carbocycles. The summed E-state index contributed by atoms with van der Waals surface area (Å²) in [7, 11) is 0. The van der Waals surface area contributed by atoms with Crippen molar-refractivity contribution in [1.29, 1.82) is 0 Å². The van der Waals surface area contributed by atoms with E-state index >= 15 is 0 Å². The minimum atomic E-state index is -0.418. The Bertz CT molecular complexity index is 360. The summed E-state index contributed by atoms with van der Waals surface area (Å²) in [6.45, 7) is 13.6. The van der Waals surface area contributed by atoms with Gasteiger partial charge in [0.25, 0.3) is 0 Å². The fraction of sp³-hybridized carbons (Fsp3) is 1.00. The molecule has 2 aliphatic carbocycles. The van der Waals surface area contributed by atoms with Gasteiger partial charge in [-0.15, -0.1) is 0 Å². The second-order valence-corrected chi connectivity index (χ2v) is 8.00. The maximum absolute atomic E-state index is 6.38. The van der Waals surface area contributed by atoms with Gasteiger partial charge in [-0.05, 0) is 56.8 Å². The number of ether oxygens (including phenoxy) is 2. The van der Waals surface area contributed by atoms with Gasteiger partial charge in [-0.1, -0.05) is 27.2 Å². The standard InChI is InChI=1S/C16H28O2/c1-10-7-8-12-11(10)9-13-16(6,14(12,2)3)18-15(4,5)17-13/h10-13H,7-9H2,1-6H3/t10-,11?,12+,13-,16-/m0/s1. The van der Waals surface area contributed by atoms with Gasteiger partial charge in [0.05, 0.1) is 6.10 Å². The van der Waals surface area contributed by atoms with Crippen molar-refractivity contribution in [1.82, 2.24) is 0 Å². The van der Waals surface area contributed by atoms with E-state index in [9.17, 15) is 0 Å². The van der Waals surface area contributed by atoms with E-state index < -0.39 is 5.79 Å². The van der Waals surface area contributed by atoms with Crippen LogP contribution < -0.4 is 0 Å². The fourth-order valence-electron chi connectivity index (χ4n) is 5.05. The number of fused-ring (bicyclic) bond motifs is 2. The molecule has 18 heavy (non-hydrogen) atoms. The van der Waals surface area contributed by atoms with Gasteiger partial charge in [0, 0.05) is 0 Å². The van der Waals surface area contributed by atoms with Crippen molar-refractivity contribution in [3.63, 3.8) is 0 Å². The predicted octanol–water partition coefficient (Wildman–Crippen LogP) is 3.99. The second-order valence-electron chi connectivity index (χ2n) is 8.00. The maximum Gasteiger partial charge on any atom is 0.164 e. The SMILES string of the molecule is C[C@H]1CC[C@@H]2C1C[C@@H]1OC(C)(C)O[C@]1(C)C2(C)C. The molecule has 104 valence electrons. The van der Waals surface area contributed by atoms with Crippen LogP contribution in [-0.2, 0) is 9.47 Å². The van der Waals surface area contributed by atoms with E-state index in [2.05, 4.69) is 41.5 Å². The quantitative estimate of drug-likeness (QED) is 0.649. The van der Waals surface area contributed by atoms with Crippen molar-refractivity contribution >= 4 is 0 Å². The van der Waals surface area contributed by atoms with Gasteiger partial charge in [0.15, 0.2) is 5.79 Å². The van der Waals surface area contributed by atoms with Crippen LogP contribution in [0, 0.1) is 23.2 Å². The maximum atomic E-state index is 6.38. The van der Waals surface area contributed by atoms with E-state index in [1.807, 2.05) is 0 Å². The Balaban J connectivity index is 1.99. The highest BCUT2D eigenvalue weighted by Gasteiger charge is 2.65. The third kappa shape index (κ3) is 1.48. The monoisotopic (exact) mass is 252 g/mol. The average molecular weight is 252 g/mol. The van der Waals surface area contributed by atoms with Gasteiger partial charge < -0.3 is 9.47 Å². The van der Waals surface area contributed by atoms with E-state index in [-0.39, 0.29) is 17.1 Å². The minimum absolute atomic E-state index is 0.123. The van der Waals surface area contributed by atoms with Gasteiger partial charge in [0.2, 0.25) is 0 Å². The zero-order valence-electron chi connectivity index (χ0n) is 12.7. The third-order valence-corrected chi connectivity index (χ3v) is 6.37. The van der Waals surface area contributed by atoms with Crippen LogP contribution in [0.1, 0.15) is 60.8 Å². The summed E-state index contributed by atoms with van der Waals surface area (Å²) in [6.07, 6.45) is 4.20. The number of hydrogen-bond acceptors (Lipinski definition) is 2. The van der Waals surface area contributed by atoms with Gasteiger partial charge >= 0.3 is 0 Å². The molecule has 0 bridgehead atoms. The topological polar surface area (TPSA) is 18.5 Å². The molecule has 3 rings (SSSR count). The van der Waals surface area contributed by atoms with Gasteiger partial charge in [-0.25, -0.2) is 0 Å². The van der Waals surface area contributed by atoms with Crippen LogP contribution >= 0.6 is 0 Å². The Labute approximate surface area is 111 Å². The molecular weight excluding hydrogens is 224 g/mol. The summed E-state index contributed by atoms with van der Waals surface area (Å²) in [6, 6.07) is 0. The van der Waals surface area contributed by atoms with Crippen LogP contribution in [0.4, 0.5) is 0 Å². The molecule has 2 saturated carbocycles. The lowest BCUT2D eigenvalue weighted by molar-refractivity contribution is -0.193. The summed E-state index contributed by atoms with van der Waals surface area (Å²) in [5, 5.41) is 0. The second kappa shape index (κ2) is 3.52. The van der Waals surface area contributed by atoms with E-state index in [0.29, 0.717) is 0 Å². The lowest BCUT2D eigenvalue weighted by atomic mass is 9.55. The van der Waals surface area contributed by atoms with Crippen molar-refractivity contribution < 1.29 is 9.47 Å². The first-order chi connectivity index (χ1) is 8.17. The molecule has 0 amide bonds. The smallest absolute Gasteiger partial charge is 0.164 e. The zero-order valence-corrected chi connectivity index (χ0v) is 12.7. The van der Waals surface area contributed by atoms with E-state index in [4.69, 9.17) is 9.47 Å². The Hall–Kier alpha value is -0.0800. The van der Waals surface area contributed by atoms with Crippen molar-refractivity contribution in [2.24, 2.45) is 23.2 Å². The molecule has 1 saturated heterocycles. The van der Waals surface area contributed by atoms with Crippen LogP contribution in [0.2, 0.25) is 0 Å². The Kier molecular flexibility index (Phi) is 2.53. The highest BCUT2D eigenvalue weighted by Crippen LogP contribution is 2.62. The number of rotatable bonds is 0. The summed E-state index contributed by atoms with van der Waals surface area (Å²) in [4.78, 5) is 0. The Morgan fingerprint density at radius 3 is 2.33 bits per heavy atom. The molecule has 2 nitrogen and oxygen atoms in total. The van der Waals surface area contributed by atoms with E-state index in [1.165, 1.54) is 19.3 Å². The van der Waals surface area contributed by atoms with Crippen LogP contribution in [-0.4, -0.2) is 17.5 Å². The summed E-state index contributed by atoms with van der Waals surface area (Å²) >= 11 is 0. The first-order valence-corrected chi connectivity index (χ1v) is 7.55. The van der Waals surface area contributed by atoms with Crippen molar-refractivity contribution in [3.8, 4) is 0 Å². The molecule has 2 heteroatoms. The fourth-order valence-corrected chi connectivity index (χ4v) is 5.05. The lowest BCUT2D eigenvalue weighted by Crippen LogP contribution is -2.59. The van der Waals surface area contributed by atoms with Crippen LogP contribution in [0.5, 0.6) is 0 Å². The largest absolute Gasteiger partial charge is 0.344 e. The summed E-state index contributed by atoms with van der Waals surface area (Å²) in [5.74, 6) is 2.06. The van der Waals surface area contributed by atoms with Crippen LogP contribution in [0.25, 0.3) is 0 Å². The third-order valence-electron chi connectivity index (χ3n) is 6.37. The van der Waals surface area contributed by atoms with Crippen molar-refractivity contribution in [2.75, 3.05) is 0 Å². The van der Waals surface area contributed by atoms with Crippen LogP contribution in [0.15, 0.2) is 0 Å². The molecule has 3 aliphatic rings. The highest BCUT2D eigenvalue weighted by atomic mass is 16.8. The molecule has 0 spiro atoms. The molecule has 0 radical (unpaired) electrons. The number of hydrogen-bond donors (Lipinski definition) is 0.